The average molecular weight is 431 g/mol. The van der Waals surface area contributed by atoms with Crippen molar-refractivity contribution in [1.82, 2.24) is 30.0 Å². The lowest BCUT2D eigenvalue weighted by Crippen LogP contribution is -2.48. The fourth-order valence-electron chi connectivity index (χ4n) is 4.01. The largest absolute Gasteiger partial charge is 0.493 e. The van der Waals surface area contributed by atoms with Gasteiger partial charge >= 0.3 is 0 Å². The first kappa shape index (κ1) is 23.0. The smallest absolute Gasteiger partial charge is 0.203 e. The third kappa shape index (κ3) is 4.83. The summed E-state index contributed by atoms with van der Waals surface area (Å²) in [7, 11) is 4.86. The van der Waals surface area contributed by atoms with Gasteiger partial charge < -0.3 is 14.2 Å². The summed E-state index contributed by atoms with van der Waals surface area (Å²) in [4.78, 5) is 4.80. The minimum atomic E-state index is -0.262. The number of ether oxygens (including phenoxy) is 3. The molecule has 3 rings (SSSR count). The van der Waals surface area contributed by atoms with Crippen LogP contribution in [-0.4, -0.2) is 84.1 Å². The van der Waals surface area contributed by atoms with Gasteiger partial charge in [0.15, 0.2) is 17.3 Å². The summed E-state index contributed by atoms with van der Waals surface area (Å²) < 4.78 is 18.7. The summed E-state index contributed by atoms with van der Waals surface area (Å²) in [6, 6.07) is 3.82. The van der Waals surface area contributed by atoms with Crippen molar-refractivity contribution in [3.8, 4) is 17.2 Å². The summed E-state index contributed by atoms with van der Waals surface area (Å²) in [6.07, 6.45) is 1.95. The highest BCUT2D eigenvalue weighted by Gasteiger charge is 2.34. The van der Waals surface area contributed by atoms with E-state index >= 15 is 0 Å². The van der Waals surface area contributed by atoms with Crippen LogP contribution in [0.4, 0.5) is 0 Å². The Morgan fingerprint density at radius 2 is 1.65 bits per heavy atom. The third-order valence-electron chi connectivity index (χ3n) is 5.54. The summed E-state index contributed by atoms with van der Waals surface area (Å²) in [5.74, 6) is 2.58. The molecule has 0 saturated carbocycles. The van der Waals surface area contributed by atoms with Crippen molar-refractivity contribution >= 4 is 0 Å². The van der Waals surface area contributed by atoms with Gasteiger partial charge in [-0.3, -0.25) is 9.80 Å². The number of hydrogen-bond acceptors (Lipinski definition) is 8. The molecule has 1 saturated heterocycles. The Kier molecular flexibility index (Phi) is 7.17. The number of tetrazole rings is 1. The van der Waals surface area contributed by atoms with Crippen LogP contribution in [0.1, 0.15) is 38.2 Å². The van der Waals surface area contributed by atoms with E-state index in [4.69, 9.17) is 14.2 Å². The molecule has 0 aliphatic carbocycles. The molecule has 0 bridgehead atoms. The van der Waals surface area contributed by atoms with Gasteiger partial charge in [0.25, 0.3) is 0 Å². The maximum atomic E-state index is 5.62. The molecule has 0 spiro atoms. The van der Waals surface area contributed by atoms with Gasteiger partial charge in [-0.2, -0.15) is 0 Å². The molecule has 1 aromatic carbocycles. The van der Waals surface area contributed by atoms with E-state index in [1.165, 1.54) is 0 Å². The van der Waals surface area contributed by atoms with E-state index in [-0.39, 0.29) is 11.6 Å². The maximum Gasteiger partial charge on any atom is 0.203 e. The number of rotatable bonds is 8. The summed E-state index contributed by atoms with van der Waals surface area (Å²) in [5, 5.41) is 12.8. The van der Waals surface area contributed by atoms with Crippen LogP contribution in [0, 0.1) is 0 Å². The second kappa shape index (κ2) is 9.65. The lowest BCUT2D eigenvalue weighted by Gasteiger charge is -2.39. The van der Waals surface area contributed by atoms with Gasteiger partial charge in [0, 0.05) is 32.7 Å². The van der Waals surface area contributed by atoms with E-state index in [0.717, 1.165) is 44.1 Å². The lowest BCUT2D eigenvalue weighted by atomic mass is 10.0. The molecule has 170 valence electrons. The van der Waals surface area contributed by atoms with Crippen molar-refractivity contribution in [3.05, 3.63) is 36.2 Å². The number of methoxy groups -OCH3 is 3. The minimum absolute atomic E-state index is 0.159. The molecular weight excluding hydrogens is 396 g/mol. The Hall–Kier alpha value is -2.65. The van der Waals surface area contributed by atoms with Crippen LogP contribution in [0.2, 0.25) is 0 Å². The standard InChI is InChI=1S/C22H34N6O3/c1-8-9-26-10-12-27(13-11-26)19(21-23-24-25-28(21)22(2,3)4)16-14-17(29-5)20(31-7)18(15-16)30-6/h8,14-15,19H,1,9-13H2,2-7H3. The summed E-state index contributed by atoms with van der Waals surface area (Å²) in [5.41, 5.74) is 0.731. The van der Waals surface area contributed by atoms with Crippen molar-refractivity contribution in [2.75, 3.05) is 54.1 Å². The molecule has 1 aromatic heterocycles. The van der Waals surface area contributed by atoms with Crippen LogP contribution in [0.3, 0.4) is 0 Å². The Morgan fingerprint density at radius 1 is 1.03 bits per heavy atom. The van der Waals surface area contributed by atoms with Gasteiger partial charge in [-0.1, -0.05) is 6.08 Å². The molecule has 31 heavy (non-hydrogen) atoms. The maximum absolute atomic E-state index is 5.62. The van der Waals surface area contributed by atoms with Crippen molar-refractivity contribution in [3.63, 3.8) is 0 Å². The Labute approximate surface area is 184 Å². The van der Waals surface area contributed by atoms with Gasteiger partial charge in [0.2, 0.25) is 5.75 Å². The molecule has 9 nitrogen and oxygen atoms in total. The molecule has 1 atom stereocenters. The normalized spacial score (nSPS) is 16.7. The molecule has 9 heteroatoms. The zero-order valence-electron chi connectivity index (χ0n) is 19.5. The monoisotopic (exact) mass is 430 g/mol. The molecule has 1 unspecified atom stereocenters. The molecule has 1 aliphatic rings. The van der Waals surface area contributed by atoms with Crippen LogP contribution in [0.25, 0.3) is 0 Å². The predicted octanol–water partition coefficient (Wildman–Crippen LogP) is 2.35. The highest BCUT2D eigenvalue weighted by Crippen LogP contribution is 2.42. The lowest BCUT2D eigenvalue weighted by molar-refractivity contribution is 0.109. The van der Waals surface area contributed by atoms with Crippen molar-refractivity contribution in [2.24, 2.45) is 0 Å². The van der Waals surface area contributed by atoms with Gasteiger partial charge in [-0.05, 0) is 48.9 Å². The quantitative estimate of drug-likeness (QED) is 0.591. The molecule has 0 N–H and O–H groups in total. The fraction of sp³-hybridized carbons (Fsp3) is 0.591. The van der Waals surface area contributed by atoms with Crippen molar-refractivity contribution < 1.29 is 14.2 Å². The number of piperazine rings is 1. The minimum Gasteiger partial charge on any atom is -0.493 e. The average Bonchev–Trinajstić information content (AvgIpc) is 3.24. The van der Waals surface area contributed by atoms with E-state index in [1.54, 1.807) is 21.3 Å². The summed E-state index contributed by atoms with van der Waals surface area (Å²) in [6.45, 7) is 14.7. The van der Waals surface area contributed by atoms with Gasteiger partial charge in [0.05, 0.1) is 32.9 Å². The Balaban J connectivity index is 2.10. The molecule has 0 radical (unpaired) electrons. The first-order valence-corrected chi connectivity index (χ1v) is 10.5. The predicted molar refractivity (Wildman–Crippen MR) is 119 cm³/mol. The third-order valence-corrected chi connectivity index (χ3v) is 5.54. The van der Waals surface area contributed by atoms with Crippen LogP contribution in [0.5, 0.6) is 17.2 Å². The molecule has 1 fully saturated rings. The van der Waals surface area contributed by atoms with Crippen molar-refractivity contribution in [1.29, 1.82) is 0 Å². The number of hydrogen-bond donors (Lipinski definition) is 0. The van der Waals surface area contributed by atoms with Gasteiger partial charge in [-0.25, -0.2) is 4.68 Å². The van der Waals surface area contributed by atoms with E-state index in [1.807, 2.05) is 22.9 Å². The Morgan fingerprint density at radius 3 is 2.13 bits per heavy atom. The topological polar surface area (TPSA) is 77.8 Å². The zero-order chi connectivity index (χ0) is 22.6. The summed E-state index contributed by atoms with van der Waals surface area (Å²) >= 11 is 0. The van der Waals surface area contributed by atoms with E-state index in [2.05, 4.69) is 52.7 Å². The highest BCUT2D eigenvalue weighted by molar-refractivity contribution is 5.55. The number of nitrogens with zero attached hydrogens (tertiary/aromatic N) is 6. The zero-order valence-corrected chi connectivity index (χ0v) is 19.5. The Bertz CT molecular complexity index is 859. The van der Waals surface area contributed by atoms with Gasteiger partial charge in [0.1, 0.15) is 0 Å². The van der Waals surface area contributed by atoms with E-state index in [9.17, 15) is 0 Å². The van der Waals surface area contributed by atoms with E-state index in [0.29, 0.717) is 17.2 Å². The molecular formula is C22H34N6O3. The number of aromatic nitrogens is 4. The highest BCUT2D eigenvalue weighted by atomic mass is 16.5. The second-order valence-corrected chi connectivity index (χ2v) is 8.61. The SMILES string of the molecule is C=CCN1CCN(C(c2cc(OC)c(OC)c(OC)c2)c2nnnn2C(C)(C)C)CC1. The second-order valence-electron chi connectivity index (χ2n) is 8.61. The van der Waals surface area contributed by atoms with Crippen LogP contribution < -0.4 is 14.2 Å². The van der Waals surface area contributed by atoms with Crippen LogP contribution >= 0.6 is 0 Å². The molecule has 0 amide bonds. The van der Waals surface area contributed by atoms with Crippen LogP contribution in [0.15, 0.2) is 24.8 Å². The molecule has 2 aromatic rings. The first-order chi connectivity index (χ1) is 14.8. The molecule has 2 heterocycles. The van der Waals surface area contributed by atoms with Gasteiger partial charge in [-0.15, -0.1) is 11.7 Å². The fourth-order valence-corrected chi connectivity index (χ4v) is 4.01. The molecule has 1 aliphatic heterocycles. The van der Waals surface area contributed by atoms with Crippen LogP contribution in [-0.2, 0) is 5.54 Å². The van der Waals surface area contributed by atoms with E-state index < -0.39 is 0 Å². The first-order valence-electron chi connectivity index (χ1n) is 10.5. The number of benzene rings is 1. The van der Waals surface area contributed by atoms with Crippen molar-refractivity contribution in [2.45, 2.75) is 32.4 Å².